The molecule has 0 aromatic rings. The van der Waals surface area contributed by atoms with Crippen LogP contribution in [0.4, 0.5) is 0 Å². The van der Waals surface area contributed by atoms with Crippen molar-refractivity contribution in [2.24, 2.45) is 5.84 Å². The summed E-state index contributed by atoms with van der Waals surface area (Å²) in [5.41, 5.74) is -1.81. The number of hydrogen-bond acceptors (Lipinski definition) is 6. The van der Waals surface area contributed by atoms with Crippen LogP contribution < -0.4 is 11.2 Å². The van der Waals surface area contributed by atoms with Crippen molar-refractivity contribution in [3.05, 3.63) is 0 Å². The van der Waals surface area contributed by atoms with Gasteiger partial charge in [0.05, 0.1) is 6.42 Å². The van der Waals surface area contributed by atoms with Crippen LogP contribution in [0.15, 0.2) is 0 Å². The lowest BCUT2D eigenvalue weighted by Gasteiger charge is -2.46. The summed E-state index contributed by atoms with van der Waals surface area (Å²) in [4.78, 5) is 36.2. The van der Waals surface area contributed by atoms with E-state index in [1.807, 2.05) is 0 Å². The van der Waals surface area contributed by atoms with Crippen LogP contribution in [0.5, 0.6) is 0 Å². The molecule has 0 aliphatic carbocycles. The number of nitrogens with one attached hydrogen (secondary N) is 1. The fraction of sp³-hybridized carbons (Fsp3) is 0.750. The van der Waals surface area contributed by atoms with Gasteiger partial charge in [0.15, 0.2) is 6.17 Å². The molecule has 0 aromatic heterocycles. The van der Waals surface area contributed by atoms with E-state index >= 15 is 0 Å². The molecule has 20 heavy (non-hydrogen) atoms. The number of carbonyl (C=O) groups excluding carboxylic acids is 3. The van der Waals surface area contributed by atoms with Gasteiger partial charge in [-0.15, -0.1) is 0 Å². The van der Waals surface area contributed by atoms with E-state index < -0.39 is 23.4 Å². The SMILES string of the molecule is CN1C(=O)CC(C)(N(N)C=O)N[C@@H]1C(=O)OC(C)(C)C. The lowest BCUT2D eigenvalue weighted by atomic mass is 10.0. The van der Waals surface area contributed by atoms with Gasteiger partial charge in [0.25, 0.3) is 0 Å². The fourth-order valence-corrected chi connectivity index (χ4v) is 1.86. The second-order valence-corrected chi connectivity index (χ2v) is 6.05. The van der Waals surface area contributed by atoms with Crippen LogP contribution in [-0.4, -0.2) is 52.7 Å². The molecule has 1 aliphatic rings. The van der Waals surface area contributed by atoms with Crippen molar-refractivity contribution < 1.29 is 19.1 Å². The van der Waals surface area contributed by atoms with Gasteiger partial charge in [-0.1, -0.05) is 0 Å². The number of nitrogens with zero attached hydrogens (tertiary/aromatic N) is 2. The summed E-state index contributed by atoms with van der Waals surface area (Å²) in [6.07, 6.45) is -0.623. The minimum absolute atomic E-state index is 0.0297. The maximum Gasteiger partial charge on any atom is 0.344 e. The van der Waals surface area contributed by atoms with Crippen molar-refractivity contribution >= 4 is 18.3 Å². The van der Waals surface area contributed by atoms with E-state index in [0.29, 0.717) is 6.41 Å². The highest BCUT2D eigenvalue weighted by molar-refractivity contribution is 5.86. The number of ether oxygens (including phenoxy) is 1. The third kappa shape index (κ3) is 3.45. The molecule has 2 amide bonds. The van der Waals surface area contributed by atoms with Crippen LogP contribution in [0.2, 0.25) is 0 Å². The first-order valence-corrected chi connectivity index (χ1v) is 6.26. The summed E-state index contributed by atoms with van der Waals surface area (Å²) in [5.74, 6) is 4.65. The number of hydrogen-bond donors (Lipinski definition) is 2. The molecular formula is C12H22N4O4. The number of nitrogens with two attached hydrogens (primary N) is 1. The van der Waals surface area contributed by atoms with E-state index in [2.05, 4.69) is 5.32 Å². The average molecular weight is 286 g/mol. The van der Waals surface area contributed by atoms with Crippen molar-refractivity contribution in [3.63, 3.8) is 0 Å². The molecule has 3 N–H and O–H groups in total. The molecule has 0 radical (unpaired) electrons. The second-order valence-electron chi connectivity index (χ2n) is 6.05. The third-order valence-electron chi connectivity index (χ3n) is 3.04. The molecule has 1 rings (SSSR count). The molecule has 0 bridgehead atoms. The van der Waals surface area contributed by atoms with E-state index in [1.165, 1.54) is 11.9 Å². The molecule has 1 fully saturated rings. The molecule has 8 nitrogen and oxygen atoms in total. The molecule has 1 heterocycles. The molecule has 0 aromatic carbocycles. The summed E-state index contributed by atoms with van der Waals surface area (Å²) in [7, 11) is 1.49. The first-order valence-electron chi connectivity index (χ1n) is 6.26. The number of carbonyl (C=O) groups is 3. The van der Waals surface area contributed by atoms with Crippen LogP contribution >= 0.6 is 0 Å². The zero-order valence-corrected chi connectivity index (χ0v) is 12.5. The molecule has 1 aliphatic heterocycles. The van der Waals surface area contributed by atoms with Gasteiger partial charge in [-0.25, -0.2) is 10.6 Å². The molecule has 8 heteroatoms. The van der Waals surface area contributed by atoms with Crippen LogP contribution in [0.1, 0.15) is 34.1 Å². The number of esters is 1. The maximum absolute atomic E-state index is 12.1. The fourth-order valence-electron chi connectivity index (χ4n) is 1.86. The van der Waals surface area contributed by atoms with Gasteiger partial charge in [0, 0.05) is 7.05 Å². The van der Waals surface area contributed by atoms with Crippen LogP contribution in [0.25, 0.3) is 0 Å². The molecule has 114 valence electrons. The Kier molecular flexibility index (Phi) is 4.40. The van der Waals surface area contributed by atoms with Gasteiger partial charge in [0.2, 0.25) is 12.3 Å². The van der Waals surface area contributed by atoms with Crippen molar-refractivity contribution in [1.82, 2.24) is 15.2 Å². The predicted octanol–water partition coefficient (Wildman–Crippen LogP) is -0.846. The highest BCUT2D eigenvalue weighted by Gasteiger charge is 2.45. The van der Waals surface area contributed by atoms with Crippen molar-refractivity contribution in [2.75, 3.05) is 7.05 Å². The maximum atomic E-state index is 12.1. The monoisotopic (exact) mass is 286 g/mol. The molecule has 0 saturated carbocycles. The molecular weight excluding hydrogens is 264 g/mol. The first kappa shape index (κ1) is 16.4. The van der Waals surface area contributed by atoms with Gasteiger partial charge >= 0.3 is 5.97 Å². The first-order chi connectivity index (χ1) is 9.00. The van der Waals surface area contributed by atoms with Gasteiger partial charge in [-0.05, 0) is 27.7 Å². The Balaban J connectivity index is 2.97. The molecule has 0 spiro atoms. The number of hydrazine groups is 1. The Morgan fingerprint density at radius 1 is 1.60 bits per heavy atom. The highest BCUT2D eigenvalue weighted by Crippen LogP contribution is 2.22. The van der Waals surface area contributed by atoms with Gasteiger partial charge in [0.1, 0.15) is 11.3 Å². The minimum Gasteiger partial charge on any atom is -0.457 e. The Hall–Kier alpha value is -1.67. The lowest BCUT2D eigenvalue weighted by Crippen LogP contribution is -2.72. The largest absolute Gasteiger partial charge is 0.457 e. The molecule has 1 unspecified atom stereocenters. The van der Waals surface area contributed by atoms with Gasteiger partial charge in [-0.3, -0.25) is 19.9 Å². The number of amides is 2. The number of rotatable bonds is 3. The predicted molar refractivity (Wildman–Crippen MR) is 70.7 cm³/mol. The average Bonchev–Trinajstić information content (AvgIpc) is 2.30. The Morgan fingerprint density at radius 3 is 2.60 bits per heavy atom. The van der Waals surface area contributed by atoms with E-state index in [4.69, 9.17) is 10.6 Å². The van der Waals surface area contributed by atoms with E-state index in [0.717, 1.165) is 5.01 Å². The van der Waals surface area contributed by atoms with Crippen LogP contribution in [0, 0.1) is 0 Å². The third-order valence-corrected chi connectivity index (χ3v) is 3.04. The normalized spacial score (nSPS) is 27.2. The minimum atomic E-state index is -1.13. The Labute approximate surface area is 118 Å². The summed E-state index contributed by atoms with van der Waals surface area (Å²) >= 11 is 0. The van der Waals surface area contributed by atoms with Crippen molar-refractivity contribution in [1.29, 1.82) is 0 Å². The molecule has 1 saturated heterocycles. The summed E-state index contributed by atoms with van der Waals surface area (Å²) in [5, 5.41) is 3.73. The highest BCUT2D eigenvalue weighted by atomic mass is 16.6. The summed E-state index contributed by atoms with van der Waals surface area (Å²) in [6, 6.07) is 0. The van der Waals surface area contributed by atoms with Crippen molar-refractivity contribution in [2.45, 2.75) is 51.5 Å². The lowest BCUT2D eigenvalue weighted by molar-refractivity contribution is -0.174. The summed E-state index contributed by atoms with van der Waals surface area (Å²) in [6.45, 7) is 6.77. The van der Waals surface area contributed by atoms with Crippen LogP contribution in [0.3, 0.4) is 0 Å². The standard InChI is InChI=1S/C12H22N4O4/c1-11(2,3)20-10(19)9-14-12(4,16(13)7-17)6-8(18)15(9)5/h7,9,14H,6,13H2,1-5H3/t9-,12?/m0/s1. The summed E-state index contributed by atoms with van der Waals surface area (Å²) < 4.78 is 5.26. The topological polar surface area (TPSA) is 105 Å². The Morgan fingerprint density at radius 2 is 2.15 bits per heavy atom. The quantitative estimate of drug-likeness (QED) is 0.230. The zero-order chi connectivity index (χ0) is 15.7. The van der Waals surface area contributed by atoms with Crippen molar-refractivity contribution in [3.8, 4) is 0 Å². The Bertz CT molecular complexity index is 420. The van der Waals surface area contributed by atoms with Gasteiger partial charge < -0.3 is 9.64 Å². The molecule has 2 atom stereocenters. The van der Waals surface area contributed by atoms with Gasteiger partial charge in [-0.2, -0.15) is 0 Å². The van der Waals surface area contributed by atoms with E-state index in [9.17, 15) is 14.4 Å². The zero-order valence-electron chi connectivity index (χ0n) is 12.5. The van der Waals surface area contributed by atoms with E-state index in [-0.39, 0.29) is 12.3 Å². The second kappa shape index (κ2) is 5.37. The van der Waals surface area contributed by atoms with Crippen LogP contribution in [-0.2, 0) is 19.1 Å². The number of likely N-dealkylation sites (N-methyl/N-ethyl adjacent to an activating group) is 1. The smallest absolute Gasteiger partial charge is 0.344 e. The van der Waals surface area contributed by atoms with E-state index in [1.54, 1.807) is 27.7 Å².